The van der Waals surface area contributed by atoms with Crippen molar-refractivity contribution in [2.45, 2.75) is 20.0 Å². The number of halogens is 2. The largest absolute Gasteiger partial charge is 0.350 e. The Morgan fingerprint density at radius 1 is 1.28 bits per heavy atom. The van der Waals surface area contributed by atoms with Gasteiger partial charge in [-0.2, -0.15) is 0 Å². The van der Waals surface area contributed by atoms with Gasteiger partial charge in [-0.1, -0.05) is 29.8 Å². The summed E-state index contributed by atoms with van der Waals surface area (Å²) in [6.45, 7) is 1.73. The zero-order valence-corrected chi connectivity index (χ0v) is 14.2. The number of para-hydroxylation sites is 1. The van der Waals surface area contributed by atoms with Gasteiger partial charge in [0.25, 0.3) is 5.56 Å². The van der Waals surface area contributed by atoms with Crippen molar-refractivity contribution in [3.8, 4) is 0 Å². The highest BCUT2D eigenvalue weighted by Crippen LogP contribution is 2.15. The molecule has 7 heteroatoms. The summed E-state index contributed by atoms with van der Waals surface area (Å²) in [5.74, 6) is -0.396. The van der Waals surface area contributed by atoms with E-state index in [1.165, 1.54) is 22.8 Å². The minimum Gasteiger partial charge on any atom is -0.350 e. The second-order valence-corrected chi connectivity index (χ2v) is 6.00. The molecule has 128 valence electrons. The molecule has 1 aromatic heterocycles. The quantitative estimate of drug-likeness (QED) is 0.779. The maximum atomic E-state index is 13.1. The minimum absolute atomic E-state index is 0.00228. The summed E-state index contributed by atoms with van der Waals surface area (Å²) in [5.41, 5.74) is 1.01. The van der Waals surface area contributed by atoms with Crippen LogP contribution in [-0.2, 0) is 17.9 Å². The maximum Gasteiger partial charge on any atom is 0.261 e. The van der Waals surface area contributed by atoms with Gasteiger partial charge >= 0.3 is 0 Å². The number of nitrogens with zero attached hydrogens (tertiary/aromatic N) is 2. The van der Waals surface area contributed by atoms with E-state index < -0.39 is 5.82 Å². The topological polar surface area (TPSA) is 64.0 Å². The molecule has 0 saturated carbocycles. The number of aryl methyl sites for hydroxylation is 1. The van der Waals surface area contributed by atoms with E-state index in [0.717, 1.165) is 0 Å². The summed E-state index contributed by atoms with van der Waals surface area (Å²) < 4.78 is 14.5. The first-order valence-corrected chi connectivity index (χ1v) is 8.00. The number of carbonyl (C=O) groups is 1. The Morgan fingerprint density at radius 3 is 2.80 bits per heavy atom. The molecular weight excluding hydrogens is 345 g/mol. The van der Waals surface area contributed by atoms with Gasteiger partial charge < -0.3 is 5.32 Å². The fourth-order valence-corrected chi connectivity index (χ4v) is 2.72. The third-order valence-electron chi connectivity index (χ3n) is 3.83. The number of nitrogens with one attached hydrogen (secondary N) is 1. The Kier molecular flexibility index (Phi) is 4.81. The second kappa shape index (κ2) is 7.03. The number of aromatic nitrogens is 2. The summed E-state index contributed by atoms with van der Waals surface area (Å²) in [6.07, 6.45) is 0. The fourth-order valence-electron chi connectivity index (χ4n) is 2.51. The molecule has 0 radical (unpaired) electrons. The van der Waals surface area contributed by atoms with E-state index in [9.17, 15) is 14.0 Å². The lowest BCUT2D eigenvalue weighted by Gasteiger charge is -2.11. The summed E-state index contributed by atoms with van der Waals surface area (Å²) in [4.78, 5) is 29.1. The van der Waals surface area contributed by atoms with Crippen molar-refractivity contribution in [2.24, 2.45) is 0 Å². The van der Waals surface area contributed by atoms with E-state index in [1.807, 2.05) is 0 Å². The molecule has 0 aliphatic carbocycles. The molecule has 2 aromatic carbocycles. The van der Waals surface area contributed by atoms with Gasteiger partial charge in [-0.05, 0) is 36.8 Å². The molecule has 0 unspecified atom stereocenters. The number of hydrogen-bond acceptors (Lipinski definition) is 3. The highest BCUT2D eigenvalue weighted by atomic mass is 35.5. The van der Waals surface area contributed by atoms with E-state index in [4.69, 9.17) is 11.6 Å². The first-order chi connectivity index (χ1) is 12.0. The Balaban J connectivity index is 1.75. The van der Waals surface area contributed by atoms with Gasteiger partial charge in [0.1, 0.15) is 18.2 Å². The molecule has 0 aliphatic rings. The van der Waals surface area contributed by atoms with Gasteiger partial charge in [0.2, 0.25) is 5.91 Å². The molecule has 3 aromatic rings. The fraction of sp³-hybridized carbons (Fsp3) is 0.167. The molecular formula is C18H15ClFN3O2. The van der Waals surface area contributed by atoms with Gasteiger partial charge in [0.05, 0.1) is 15.9 Å². The molecule has 1 N–H and O–H groups in total. The lowest BCUT2D eigenvalue weighted by atomic mass is 10.2. The number of fused-ring (bicyclic) bond motifs is 1. The first kappa shape index (κ1) is 17.1. The van der Waals surface area contributed by atoms with Gasteiger partial charge in [0, 0.05) is 6.54 Å². The third-order valence-corrected chi connectivity index (χ3v) is 4.12. The number of rotatable bonds is 4. The Morgan fingerprint density at radius 2 is 2.04 bits per heavy atom. The molecule has 0 saturated heterocycles. The standard InChI is InChI=1S/C18H15ClFN3O2/c1-11-22-16-5-3-2-4-13(16)18(25)23(11)10-17(24)21-9-12-6-7-15(20)14(19)8-12/h2-8H,9-10H2,1H3,(H,21,24). The van der Waals surface area contributed by atoms with E-state index in [2.05, 4.69) is 10.3 Å². The molecule has 1 amide bonds. The third kappa shape index (κ3) is 3.69. The van der Waals surface area contributed by atoms with Crippen LogP contribution in [0.1, 0.15) is 11.4 Å². The predicted octanol–water partition coefficient (Wildman–Crippen LogP) is 2.81. The summed E-state index contributed by atoms with van der Waals surface area (Å²) in [6, 6.07) is 11.2. The molecule has 0 atom stereocenters. The van der Waals surface area contributed by atoms with Gasteiger partial charge in [0.15, 0.2) is 0 Å². The van der Waals surface area contributed by atoms with Crippen LogP contribution in [0.25, 0.3) is 10.9 Å². The Hall–Kier alpha value is -2.73. The van der Waals surface area contributed by atoms with Gasteiger partial charge in [-0.25, -0.2) is 9.37 Å². The Bertz CT molecular complexity index is 1020. The highest BCUT2D eigenvalue weighted by Gasteiger charge is 2.11. The van der Waals surface area contributed by atoms with Gasteiger partial charge in [-0.3, -0.25) is 14.2 Å². The van der Waals surface area contributed by atoms with Crippen molar-refractivity contribution in [1.29, 1.82) is 0 Å². The van der Waals surface area contributed by atoms with Crippen molar-refractivity contribution in [3.05, 3.63) is 75.0 Å². The Labute approximate surface area is 148 Å². The van der Waals surface area contributed by atoms with Crippen molar-refractivity contribution in [1.82, 2.24) is 14.9 Å². The first-order valence-electron chi connectivity index (χ1n) is 7.62. The van der Waals surface area contributed by atoms with Crippen molar-refractivity contribution in [3.63, 3.8) is 0 Å². The molecule has 0 spiro atoms. The summed E-state index contributed by atoms with van der Waals surface area (Å²) in [7, 11) is 0. The lowest BCUT2D eigenvalue weighted by Crippen LogP contribution is -2.33. The van der Waals surface area contributed by atoms with Crippen molar-refractivity contribution < 1.29 is 9.18 Å². The van der Waals surface area contributed by atoms with E-state index in [1.54, 1.807) is 31.2 Å². The molecule has 3 rings (SSSR count). The SMILES string of the molecule is Cc1nc2ccccc2c(=O)n1CC(=O)NCc1ccc(F)c(Cl)c1. The van der Waals surface area contributed by atoms with Crippen LogP contribution >= 0.6 is 11.6 Å². The van der Waals surface area contributed by atoms with Crippen LogP contribution in [0.4, 0.5) is 4.39 Å². The second-order valence-electron chi connectivity index (χ2n) is 5.59. The summed E-state index contributed by atoms with van der Waals surface area (Å²) >= 11 is 5.71. The molecule has 25 heavy (non-hydrogen) atoms. The maximum absolute atomic E-state index is 13.1. The molecule has 0 aliphatic heterocycles. The molecule has 0 bridgehead atoms. The molecule has 1 heterocycles. The normalized spacial score (nSPS) is 10.8. The number of benzene rings is 2. The number of hydrogen-bond donors (Lipinski definition) is 1. The zero-order valence-electron chi connectivity index (χ0n) is 13.4. The van der Waals surface area contributed by atoms with Crippen LogP contribution in [0, 0.1) is 12.7 Å². The van der Waals surface area contributed by atoms with E-state index in [0.29, 0.717) is 22.3 Å². The minimum atomic E-state index is -0.513. The monoisotopic (exact) mass is 359 g/mol. The van der Waals surface area contributed by atoms with Crippen LogP contribution in [0.15, 0.2) is 47.3 Å². The predicted molar refractivity (Wildman–Crippen MR) is 94.0 cm³/mol. The van der Waals surface area contributed by atoms with E-state index >= 15 is 0 Å². The lowest BCUT2D eigenvalue weighted by molar-refractivity contribution is -0.121. The smallest absolute Gasteiger partial charge is 0.261 e. The number of carbonyl (C=O) groups excluding carboxylic acids is 1. The van der Waals surface area contributed by atoms with Crippen LogP contribution in [0.2, 0.25) is 5.02 Å². The summed E-state index contributed by atoms with van der Waals surface area (Å²) in [5, 5.41) is 3.15. The molecule has 5 nitrogen and oxygen atoms in total. The molecule has 0 fully saturated rings. The van der Waals surface area contributed by atoms with Crippen LogP contribution in [0.5, 0.6) is 0 Å². The van der Waals surface area contributed by atoms with E-state index in [-0.39, 0.29) is 29.6 Å². The van der Waals surface area contributed by atoms with Crippen molar-refractivity contribution in [2.75, 3.05) is 0 Å². The highest BCUT2D eigenvalue weighted by molar-refractivity contribution is 6.30. The van der Waals surface area contributed by atoms with Crippen LogP contribution < -0.4 is 10.9 Å². The van der Waals surface area contributed by atoms with Crippen molar-refractivity contribution >= 4 is 28.4 Å². The average molecular weight is 360 g/mol. The van der Waals surface area contributed by atoms with Crippen LogP contribution in [0.3, 0.4) is 0 Å². The zero-order chi connectivity index (χ0) is 18.0. The average Bonchev–Trinajstić information content (AvgIpc) is 2.59. The van der Waals surface area contributed by atoms with Gasteiger partial charge in [-0.15, -0.1) is 0 Å². The van der Waals surface area contributed by atoms with Crippen LogP contribution in [-0.4, -0.2) is 15.5 Å². The number of amides is 1.